The molecule has 0 radical (unpaired) electrons. The van der Waals surface area contributed by atoms with E-state index in [1.165, 1.54) is 19.1 Å². The third-order valence-corrected chi connectivity index (χ3v) is 3.34. The van der Waals surface area contributed by atoms with Gasteiger partial charge < -0.3 is 0 Å². The van der Waals surface area contributed by atoms with Crippen molar-refractivity contribution in [2.45, 2.75) is 6.92 Å². The minimum atomic E-state index is -2.15. The lowest BCUT2D eigenvalue weighted by atomic mass is 9.99. The molecule has 2 aromatic carbocycles. The largest absolute Gasteiger partial charge is 0.203 e. The molecular formula is C13H6F5I. The van der Waals surface area contributed by atoms with Crippen LogP contribution in [0.3, 0.4) is 0 Å². The van der Waals surface area contributed by atoms with E-state index in [1.54, 1.807) is 6.07 Å². The summed E-state index contributed by atoms with van der Waals surface area (Å²) in [6, 6.07) is 4.45. The second kappa shape index (κ2) is 5.07. The molecule has 2 aromatic rings. The molecule has 0 unspecified atom stereocenters. The second-order valence-corrected chi connectivity index (χ2v) is 5.15. The molecule has 0 spiro atoms. The van der Waals surface area contributed by atoms with Crippen LogP contribution in [0.15, 0.2) is 18.2 Å². The SMILES string of the molecule is Cc1cc(I)ccc1-c1c(F)c(F)c(F)c(F)c1F. The highest BCUT2D eigenvalue weighted by atomic mass is 127. The van der Waals surface area contributed by atoms with Gasteiger partial charge in [0.15, 0.2) is 23.3 Å². The third-order valence-electron chi connectivity index (χ3n) is 2.67. The van der Waals surface area contributed by atoms with Crippen LogP contribution in [0.4, 0.5) is 22.0 Å². The molecule has 0 fully saturated rings. The van der Waals surface area contributed by atoms with Gasteiger partial charge in [-0.3, -0.25) is 0 Å². The van der Waals surface area contributed by atoms with Crippen LogP contribution in [0.1, 0.15) is 5.56 Å². The van der Waals surface area contributed by atoms with Crippen LogP contribution in [0.25, 0.3) is 11.1 Å². The van der Waals surface area contributed by atoms with E-state index >= 15 is 0 Å². The molecule has 6 heteroatoms. The maximum absolute atomic E-state index is 13.6. The minimum Gasteiger partial charge on any atom is -0.203 e. The van der Waals surface area contributed by atoms with E-state index in [4.69, 9.17) is 0 Å². The number of rotatable bonds is 1. The summed E-state index contributed by atoms with van der Waals surface area (Å²) < 4.78 is 67.3. The number of hydrogen-bond acceptors (Lipinski definition) is 0. The number of aryl methyl sites for hydroxylation is 1. The highest BCUT2D eigenvalue weighted by Crippen LogP contribution is 2.33. The lowest BCUT2D eigenvalue weighted by Crippen LogP contribution is -2.04. The Morgan fingerprint density at radius 3 is 1.74 bits per heavy atom. The summed E-state index contributed by atoms with van der Waals surface area (Å²) in [5.41, 5.74) is -0.492. The summed E-state index contributed by atoms with van der Waals surface area (Å²) in [7, 11) is 0. The Balaban J connectivity index is 2.83. The molecule has 0 bridgehead atoms. The fraction of sp³-hybridized carbons (Fsp3) is 0.0769. The smallest absolute Gasteiger partial charge is 0.200 e. The zero-order chi connectivity index (χ0) is 14.3. The van der Waals surface area contributed by atoms with Crippen LogP contribution >= 0.6 is 22.6 Å². The van der Waals surface area contributed by atoms with Crippen LogP contribution in [-0.2, 0) is 0 Å². The lowest BCUT2D eigenvalue weighted by molar-refractivity contribution is 0.381. The molecule has 0 N–H and O–H groups in total. The number of hydrogen-bond donors (Lipinski definition) is 0. The molecule has 0 aliphatic rings. The normalized spacial score (nSPS) is 10.9. The van der Waals surface area contributed by atoms with E-state index in [2.05, 4.69) is 0 Å². The van der Waals surface area contributed by atoms with Crippen LogP contribution in [0, 0.1) is 39.6 Å². The lowest BCUT2D eigenvalue weighted by Gasteiger charge is -2.11. The van der Waals surface area contributed by atoms with Gasteiger partial charge in [-0.2, -0.15) is 0 Å². The number of halogens is 6. The standard InChI is InChI=1S/C13H6F5I/c1-5-4-6(19)2-3-7(5)8-9(14)11(16)13(18)12(17)10(8)15/h2-4H,1H3. The fourth-order valence-corrected chi connectivity index (χ4v) is 2.40. The summed E-state index contributed by atoms with van der Waals surface area (Å²) in [5, 5.41) is 0. The zero-order valence-electron chi connectivity index (χ0n) is 9.50. The fourth-order valence-electron chi connectivity index (χ4n) is 1.75. The van der Waals surface area contributed by atoms with E-state index in [0.717, 1.165) is 3.57 Å². The average molecular weight is 384 g/mol. The monoisotopic (exact) mass is 384 g/mol. The summed E-state index contributed by atoms with van der Waals surface area (Å²) in [5.74, 6) is -9.66. The molecule has 0 saturated heterocycles. The highest BCUT2D eigenvalue weighted by molar-refractivity contribution is 14.1. The first-order valence-electron chi connectivity index (χ1n) is 5.12. The molecular weight excluding hydrogens is 378 g/mol. The van der Waals surface area contributed by atoms with Gasteiger partial charge in [0.2, 0.25) is 5.82 Å². The molecule has 0 nitrogen and oxygen atoms in total. The first-order valence-corrected chi connectivity index (χ1v) is 6.20. The van der Waals surface area contributed by atoms with Crippen molar-refractivity contribution in [1.82, 2.24) is 0 Å². The molecule has 0 heterocycles. The van der Waals surface area contributed by atoms with Crippen molar-refractivity contribution in [3.63, 3.8) is 0 Å². The van der Waals surface area contributed by atoms with Gasteiger partial charge in [-0.05, 0) is 52.8 Å². The zero-order valence-corrected chi connectivity index (χ0v) is 11.7. The predicted molar refractivity (Wildman–Crippen MR) is 69.1 cm³/mol. The maximum Gasteiger partial charge on any atom is 0.200 e. The van der Waals surface area contributed by atoms with E-state index in [0.29, 0.717) is 5.56 Å². The Hall–Kier alpha value is -1.18. The van der Waals surface area contributed by atoms with Crippen molar-refractivity contribution in [3.05, 3.63) is 56.4 Å². The predicted octanol–water partition coefficient (Wildman–Crippen LogP) is 4.96. The van der Waals surface area contributed by atoms with Gasteiger partial charge in [-0.15, -0.1) is 0 Å². The maximum atomic E-state index is 13.6. The van der Waals surface area contributed by atoms with E-state index in [-0.39, 0.29) is 5.56 Å². The van der Waals surface area contributed by atoms with E-state index in [1.807, 2.05) is 22.6 Å². The minimum absolute atomic E-state index is 0.0202. The van der Waals surface area contributed by atoms with Crippen LogP contribution in [-0.4, -0.2) is 0 Å². The van der Waals surface area contributed by atoms with Crippen molar-refractivity contribution in [3.8, 4) is 11.1 Å². The topological polar surface area (TPSA) is 0 Å². The van der Waals surface area contributed by atoms with Gasteiger partial charge >= 0.3 is 0 Å². The summed E-state index contributed by atoms with van der Waals surface area (Å²) >= 11 is 1.98. The van der Waals surface area contributed by atoms with Gasteiger partial charge in [0, 0.05) is 3.57 Å². The molecule has 2 rings (SSSR count). The van der Waals surface area contributed by atoms with Gasteiger partial charge in [0.05, 0.1) is 5.56 Å². The summed E-state index contributed by atoms with van der Waals surface area (Å²) in [6.07, 6.45) is 0. The molecule has 0 aliphatic carbocycles. The Labute approximate surface area is 119 Å². The molecule has 0 saturated carbocycles. The Bertz CT molecular complexity index is 638. The molecule has 0 aliphatic heterocycles. The highest BCUT2D eigenvalue weighted by Gasteiger charge is 2.27. The number of benzene rings is 2. The van der Waals surface area contributed by atoms with Crippen LogP contribution < -0.4 is 0 Å². The van der Waals surface area contributed by atoms with Gasteiger partial charge in [-0.25, -0.2) is 22.0 Å². The molecule has 19 heavy (non-hydrogen) atoms. The molecule has 0 amide bonds. The molecule has 100 valence electrons. The van der Waals surface area contributed by atoms with Crippen molar-refractivity contribution in [1.29, 1.82) is 0 Å². The second-order valence-electron chi connectivity index (χ2n) is 3.90. The Kier molecular flexibility index (Phi) is 3.80. The van der Waals surface area contributed by atoms with Gasteiger partial charge in [0.1, 0.15) is 0 Å². The third kappa shape index (κ3) is 2.33. The van der Waals surface area contributed by atoms with Crippen molar-refractivity contribution in [2.24, 2.45) is 0 Å². The Morgan fingerprint density at radius 1 is 0.789 bits per heavy atom. The first-order chi connectivity index (χ1) is 8.84. The molecule has 0 aromatic heterocycles. The quantitative estimate of drug-likeness (QED) is 0.282. The van der Waals surface area contributed by atoms with E-state index in [9.17, 15) is 22.0 Å². The average Bonchev–Trinajstić information content (AvgIpc) is 2.37. The summed E-state index contributed by atoms with van der Waals surface area (Å²) in [4.78, 5) is 0. The van der Waals surface area contributed by atoms with Gasteiger partial charge in [0.25, 0.3) is 0 Å². The van der Waals surface area contributed by atoms with Gasteiger partial charge in [-0.1, -0.05) is 6.07 Å². The van der Waals surface area contributed by atoms with Crippen molar-refractivity contribution >= 4 is 22.6 Å². The van der Waals surface area contributed by atoms with Crippen molar-refractivity contribution in [2.75, 3.05) is 0 Å². The molecule has 0 atom stereocenters. The van der Waals surface area contributed by atoms with Crippen LogP contribution in [0.5, 0.6) is 0 Å². The summed E-state index contributed by atoms with van der Waals surface area (Å²) in [6.45, 7) is 1.54. The van der Waals surface area contributed by atoms with Crippen molar-refractivity contribution < 1.29 is 22.0 Å². The Morgan fingerprint density at radius 2 is 1.26 bits per heavy atom. The van der Waals surface area contributed by atoms with E-state index < -0.39 is 34.6 Å². The first kappa shape index (κ1) is 14.2. The van der Waals surface area contributed by atoms with Crippen LogP contribution in [0.2, 0.25) is 0 Å².